The molecule has 3 N–H and O–H groups in total. The number of aromatic hydroxyl groups is 1. The summed E-state index contributed by atoms with van der Waals surface area (Å²) in [5, 5.41) is 9.89. The van der Waals surface area contributed by atoms with Crippen molar-refractivity contribution in [3.63, 3.8) is 0 Å². The molecule has 0 saturated carbocycles. The average molecular weight is 378 g/mol. The molecule has 0 radical (unpaired) electrons. The van der Waals surface area contributed by atoms with Crippen LogP contribution in [0.4, 0.5) is 5.82 Å². The fraction of sp³-hybridized carbons (Fsp3) is 0.421. The normalized spacial score (nSPS) is 12.2. The van der Waals surface area contributed by atoms with Gasteiger partial charge in [0.05, 0.1) is 5.69 Å². The van der Waals surface area contributed by atoms with Crippen LogP contribution in [0.1, 0.15) is 48.7 Å². The number of rotatable bonds is 5. The zero-order valence-electron chi connectivity index (χ0n) is 16.1. The molecule has 2 rings (SSSR count). The maximum absolute atomic E-state index is 12.3. The van der Waals surface area contributed by atoms with Gasteiger partial charge in [0.25, 0.3) is 0 Å². The molecule has 0 saturated heterocycles. The number of aryl methyl sites for hydroxylation is 1. The summed E-state index contributed by atoms with van der Waals surface area (Å²) in [6.45, 7) is 11.6. The summed E-state index contributed by atoms with van der Waals surface area (Å²) < 4.78 is 29.6. The van der Waals surface area contributed by atoms with Gasteiger partial charge in [0.1, 0.15) is 11.6 Å². The molecule has 0 aliphatic heterocycles. The highest BCUT2D eigenvalue weighted by molar-refractivity contribution is 7.90. The summed E-state index contributed by atoms with van der Waals surface area (Å²) in [5.41, 5.74) is 3.69. The van der Waals surface area contributed by atoms with Crippen molar-refractivity contribution >= 4 is 16.0 Å². The molecule has 0 spiro atoms. The van der Waals surface area contributed by atoms with Crippen LogP contribution >= 0.6 is 0 Å². The van der Waals surface area contributed by atoms with Gasteiger partial charge in [0.15, 0.2) is 0 Å². The average Bonchev–Trinajstić information content (AvgIpc) is 2.55. The number of benzene rings is 1. The van der Waals surface area contributed by atoms with E-state index in [9.17, 15) is 13.5 Å². The maximum atomic E-state index is 12.3. The smallest absolute Gasteiger partial charge is 0.300 e. The molecular weight excluding hydrogens is 350 g/mol. The first kappa shape index (κ1) is 20.2. The Morgan fingerprint density at radius 3 is 2.15 bits per heavy atom. The second-order valence-corrected chi connectivity index (χ2v) is 9.02. The number of hydrogen-bond donors (Lipinski definition) is 3. The molecule has 1 heterocycles. The minimum Gasteiger partial charge on any atom is -0.506 e. The maximum Gasteiger partial charge on any atom is 0.300 e. The van der Waals surface area contributed by atoms with Gasteiger partial charge < -0.3 is 5.11 Å². The van der Waals surface area contributed by atoms with Crippen LogP contribution in [0.2, 0.25) is 0 Å². The van der Waals surface area contributed by atoms with E-state index in [0.29, 0.717) is 16.8 Å². The van der Waals surface area contributed by atoms with E-state index < -0.39 is 10.2 Å². The summed E-state index contributed by atoms with van der Waals surface area (Å²) in [4.78, 5) is 4.13. The molecule has 0 fully saturated rings. The molecule has 142 valence electrons. The Morgan fingerprint density at radius 1 is 1.04 bits per heavy atom. The zero-order valence-corrected chi connectivity index (χ0v) is 17.0. The predicted molar refractivity (Wildman–Crippen MR) is 105 cm³/mol. The molecule has 0 aliphatic carbocycles. The quantitative estimate of drug-likeness (QED) is 0.744. The lowest BCUT2D eigenvalue weighted by molar-refractivity contribution is 0.463. The van der Waals surface area contributed by atoms with Gasteiger partial charge in [-0.1, -0.05) is 45.0 Å². The Hall–Kier alpha value is -2.12. The van der Waals surface area contributed by atoms with Gasteiger partial charge in [0.2, 0.25) is 0 Å². The van der Waals surface area contributed by atoms with Crippen LogP contribution in [-0.4, -0.2) is 18.5 Å². The molecule has 0 atom stereocenters. The summed E-state index contributed by atoms with van der Waals surface area (Å²) in [5.74, 6) is 0.297. The minimum atomic E-state index is -3.78. The fourth-order valence-corrected chi connectivity index (χ4v) is 3.38. The SMILES string of the molecule is Cc1nc(NS(=O)(=O)NCc2ccc(C(C)(C)C)cc2)c(C)c(C)c1O. The minimum absolute atomic E-state index is 0.0530. The van der Waals surface area contributed by atoms with E-state index in [0.717, 1.165) is 5.56 Å². The van der Waals surface area contributed by atoms with Gasteiger partial charge in [0, 0.05) is 6.54 Å². The number of anilines is 1. The van der Waals surface area contributed by atoms with Crippen LogP contribution in [0.15, 0.2) is 24.3 Å². The van der Waals surface area contributed by atoms with E-state index in [4.69, 9.17) is 0 Å². The molecule has 6 nitrogen and oxygen atoms in total. The van der Waals surface area contributed by atoms with Gasteiger partial charge in [-0.05, 0) is 48.4 Å². The Bertz CT molecular complexity index is 899. The number of nitrogens with zero attached hydrogens (tertiary/aromatic N) is 1. The zero-order chi connectivity index (χ0) is 19.7. The van der Waals surface area contributed by atoms with Gasteiger partial charge in [-0.3, -0.25) is 4.72 Å². The van der Waals surface area contributed by atoms with Crippen LogP contribution in [0.25, 0.3) is 0 Å². The number of aromatic nitrogens is 1. The largest absolute Gasteiger partial charge is 0.506 e. The van der Waals surface area contributed by atoms with Crippen molar-refractivity contribution in [2.24, 2.45) is 0 Å². The number of hydrogen-bond acceptors (Lipinski definition) is 4. The molecule has 26 heavy (non-hydrogen) atoms. The van der Waals surface area contributed by atoms with Crippen molar-refractivity contribution in [3.8, 4) is 5.75 Å². The van der Waals surface area contributed by atoms with Gasteiger partial charge in [-0.2, -0.15) is 13.1 Å². The summed E-state index contributed by atoms with van der Waals surface area (Å²) in [7, 11) is -3.78. The molecule has 0 amide bonds. The monoisotopic (exact) mass is 377 g/mol. The Balaban J connectivity index is 2.10. The molecule has 7 heteroatoms. The molecule has 1 aromatic heterocycles. The molecular formula is C19H27N3O3S. The first-order valence-electron chi connectivity index (χ1n) is 8.44. The van der Waals surface area contributed by atoms with Crippen molar-refractivity contribution in [2.75, 3.05) is 4.72 Å². The predicted octanol–water partition coefficient (Wildman–Crippen LogP) is 3.46. The van der Waals surface area contributed by atoms with Crippen molar-refractivity contribution in [1.29, 1.82) is 0 Å². The lowest BCUT2D eigenvalue weighted by Crippen LogP contribution is -2.30. The number of nitrogens with one attached hydrogen (secondary N) is 2. The van der Waals surface area contributed by atoms with Gasteiger partial charge >= 0.3 is 10.2 Å². The van der Waals surface area contributed by atoms with E-state index >= 15 is 0 Å². The molecule has 0 unspecified atom stereocenters. The van der Waals surface area contributed by atoms with Crippen LogP contribution < -0.4 is 9.44 Å². The van der Waals surface area contributed by atoms with E-state index in [1.807, 2.05) is 24.3 Å². The lowest BCUT2D eigenvalue weighted by atomic mass is 9.87. The highest BCUT2D eigenvalue weighted by Crippen LogP contribution is 2.28. The second-order valence-electron chi connectivity index (χ2n) is 7.52. The van der Waals surface area contributed by atoms with Crippen LogP contribution in [0, 0.1) is 20.8 Å². The molecule has 2 aromatic rings. The highest BCUT2D eigenvalue weighted by atomic mass is 32.2. The molecule has 0 bridgehead atoms. The van der Waals surface area contributed by atoms with E-state index in [-0.39, 0.29) is 23.5 Å². The standard InChI is InChI=1S/C19H27N3O3S/c1-12-13(2)18(21-14(3)17(12)23)22-26(24,25)20-11-15-7-9-16(10-8-15)19(4,5)6/h7-10,20,23H,11H2,1-6H3,(H,21,22). The second kappa shape index (κ2) is 7.25. The van der Waals surface area contributed by atoms with Gasteiger partial charge in [-0.25, -0.2) is 4.98 Å². The first-order valence-corrected chi connectivity index (χ1v) is 9.92. The summed E-state index contributed by atoms with van der Waals surface area (Å²) >= 11 is 0. The third kappa shape index (κ3) is 4.74. The van der Waals surface area contributed by atoms with Crippen molar-refractivity contribution in [3.05, 3.63) is 52.2 Å². The summed E-state index contributed by atoms with van der Waals surface area (Å²) in [6, 6.07) is 7.85. The van der Waals surface area contributed by atoms with Crippen LogP contribution in [0.3, 0.4) is 0 Å². The lowest BCUT2D eigenvalue weighted by Gasteiger charge is -2.19. The van der Waals surface area contributed by atoms with Gasteiger partial charge in [-0.15, -0.1) is 0 Å². The van der Waals surface area contributed by atoms with E-state index in [2.05, 4.69) is 35.2 Å². The molecule has 0 aliphatic rings. The van der Waals surface area contributed by atoms with E-state index in [1.54, 1.807) is 20.8 Å². The van der Waals surface area contributed by atoms with Crippen LogP contribution in [-0.2, 0) is 22.2 Å². The Morgan fingerprint density at radius 2 is 1.62 bits per heavy atom. The third-order valence-electron chi connectivity index (χ3n) is 4.41. The topological polar surface area (TPSA) is 91.3 Å². The Labute approximate surface area is 155 Å². The van der Waals surface area contributed by atoms with Crippen LogP contribution in [0.5, 0.6) is 5.75 Å². The van der Waals surface area contributed by atoms with Crippen molar-refractivity contribution in [2.45, 2.75) is 53.5 Å². The number of pyridine rings is 1. The fourth-order valence-electron chi connectivity index (χ4n) is 2.49. The molecule has 1 aromatic carbocycles. The van der Waals surface area contributed by atoms with E-state index in [1.165, 1.54) is 5.56 Å². The highest BCUT2D eigenvalue weighted by Gasteiger charge is 2.17. The first-order chi connectivity index (χ1) is 11.9. The van der Waals surface area contributed by atoms with Crippen molar-refractivity contribution < 1.29 is 13.5 Å². The van der Waals surface area contributed by atoms with Crippen molar-refractivity contribution in [1.82, 2.24) is 9.71 Å². The third-order valence-corrected chi connectivity index (χ3v) is 5.40. The Kier molecular flexibility index (Phi) is 5.63. The summed E-state index contributed by atoms with van der Waals surface area (Å²) in [6.07, 6.45) is 0.